The van der Waals surface area contributed by atoms with Crippen molar-refractivity contribution in [3.05, 3.63) is 34.2 Å². The topological polar surface area (TPSA) is 125 Å². The van der Waals surface area contributed by atoms with Gasteiger partial charge in [0, 0.05) is 24.8 Å². The normalized spacial score (nSPS) is 29.8. The Bertz CT molecular complexity index is 584. The lowest BCUT2D eigenvalue weighted by Gasteiger charge is -2.20. The third-order valence-electron chi connectivity index (χ3n) is 3.32. The minimum atomic E-state index is -1.29. The molecule has 1 aliphatic heterocycles. The Labute approximate surface area is 120 Å². The zero-order valence-electron chi connectivity index (χ0n) is 11.5. The molecule has 116 valence electrons. The number of aliphatic hydroxyl groups is 4. The summed E-state index contributed by atoms with van der Waals surface area (Å²) in [5.41, 5.74) is -0.506. The van der Waals surface area contributed by atoms with Crippen LogP contribution < -0.4 is 5.56 Å². The minimum Gasteiger partial charge on any atom is -0.512 e. The molecule has 0 amide bonds. The fourth-order valence-electron chi connectivity index (χ4n) is 2.11. The SMILES string of the molecule is CC/C(O)=C/c1nc(=O)ccn1[C@@H]1O[C@H](CO)[C@@H](O)[C@H]1O. The highest BCUT2D eigenvalue weighted by Crippen LogP contribution is 2.29. The Morgan fingerprint density at radius 3 is 2.76 bits per heavy atom. The van der Waals surface area contributed by atoms with E-state index in [4.69, 9.17) is 9.84 Å². The zero-order chi connectivity index (χ0) is 15.6. The molecule has 4 atom stereocenters. The molecule has 0 unspecified atom stereocenters. The molecule has 21 heavy (non-hydrogen) atoms. The second-order valence-corrected chi connectivity index (χ2v) is 4.75. The standard InChI is InChI=1S/C13H18N2O6/c1-2-7(17)5-9-14-10(18)3-4-15(9)13-12(20)11(19)8(6-16)21-13/h3-5,8,11-13,16-17,19-20H,2,6H2,1H3/b7-5-/t8-,11-,12-,13-/m1/s1. The van der Waals surface area contributed by atoms with E-state index in [-0.39, 0.29) is 11.6 Å². The highest BCUT2D eigenvalue weighted by Gasteiger charge is 2.43. The van der Waals surface area contributed by atoms with Gasteiger partial charge in [-0.1, -0.05) is 6.92 Å². The predicted molar refractivity (Wildman–Crippen MR) is 72.4 cm³/mol. The maximum absolute atomic E-state index is 11.4. The third kappa shape index (κ3) is 3.13. The first-order valence-electron chi connectivity index (χ1n) is 6.59. The molecular weight excluding hydrogens is 280 g/mol. The molecule has 1 aromatic rings. The maximum atomic E-state index is 11.4. The van der Waals surface area contributed by atoms with E-state index >= 15 is 0 Å². The van der Waals surface area contributed by atoms with Crippen LogP contribution in [0.4, 0.5) is 0 Å². The van der Waals surface area contributed by atoms with Crippen LogP contribution in [0.3, 0.4) is 0 Å². The van der Waals surface area contributed by atoms with Gasteiger partial charge in [-0.05, 0) is 0 Å². The second kappa shape index (κ2) is 6.35. The molecule has 2 heterocycles. The first kappa shape index (κ1) is 15.6. The zero-order valence-corrected chi connectivity index (χ0v) is 11.5. The summed E-state index contributed by atoms with van der Waals surface area (Å²) in [5.74, 6) is 0.102. The van der Waals surface area contributed by atoms with Gasteiger partial charge in [0.15, 0.2) is 6.23 Å². The molecule has 0 aliphatic carbocycles. The molecule has 4 N–H and O–H groups in total. The Balaban J connectivity index is 2.42. The highest BCUT2D eigenvalue weighted by atomic mass is 16.6. The van der Waals surface area contributed by atoms with Gasteiger partial charge in [0.2, 0.25) is 0 Å². The number of rotatable bonds is 4. The van der Waals surface area contributed by atoms with Gasteiger partial charge in [-0.3, -0.25) is 4.79 Å². The lowest BCUT2D eigenvalue weighted by atomic mass is 10.1. The van der Waals surface area contributed by atoms with Crippen LogP contribution >= 0.6 is 0 Å². The quantitative estimate of drug-likeness (QED) is 0.534. The molecule has 0 spiro atoms. The Kier molecular flexibility index (Phi) is 4.73. The summed E-state index contributed by atoms with van der Waals surface area (Å²) in [6, 6.07) is 1.18. The fraction of sp³-hybridized carbons (Fsp3) is 0.538. The summed E-state index contributed by atoms with van der Waals surface area (Å²) in [6.45, 7) is 1.28. The summed E-state index contributed by atoms with van der Waals surface area (Å²) in [7, 11) is 0. The van der Waals surface area contributed by atoms with Crippen molar-refractivity contribution in [2.24, 2.45) is 0 Å². The van der Waals surface area contributed by atoms with E-state index in [1.54, 1.807) is 6.92 Å². The number of hydrogen-bond donors (Lipinski definition) is 4. The molecule has 1 aliphatic rings. The smallest absolute Gasteiger partial charge is 0.273 e. The molecule has 0 bridgehead atoms. The van der Waals surface area contributed by atoms with Crippen LogP contribution in [0.5, 0.6) is 0 Å². The molecular formula is C13H18N2O6. The van der Waals surface area contributed by atoms with E-state index in [0.717, 1.165) is 0 Å². The summed E-state index contributed by atoms with van der Waals surface area (Å²) < 4.78 is 6.71. The number of allylic oxidation sites excluding steroid dienone is 1. The minimum absolute atomic E-state index is 0.00796. The summed E-state index contributed by atoms with van der Waals surface area (Å²) in [5, 5.41) is 38.5. The van der Waals surface area contributed by atoms with Gasteiger partial charge in [0.1, 0.15) is 24.1 Å². The van der Waals surface area contributed by atoms with Gasteiger partial charge in [-0.25, -0.2) is 0 Å². The molecule has 2 rings (SSSR count). The van der Waals surface area contributed by atoms with Gasteiger partial charge in [-0.15, -0.1) is 0 Å². The Hall–Kier alpha value is -1.74. The molecule has 8 heteroatoms. The number of aliphatic hydroxyl groups excluding tert-OH is 4. The van der Waals surface area contributed by atoms with Crippen LogP contribution in [0.2, 0.25) is 0 Å². The van der Waals surface area contributed by atoms with Crippen molar-refractivity contribution < 1.29 is 25.2 Å². The van der Waals surface area contributed by atoms with E-state index in [1.807, 2.05) is 0 Å². The van der Waals surface area contributed by atoms with Gasteiger partial charge < -0.3 is 29.7 Å². The molecule has 8 nitrogen and oxygen atoms in total. The summed E-state index contributed by atoms with van der Waals surface area (Å²) in [4.78, 5) is 15.1. The average molecular weight is 298 g/mol. The van der Waals surface area contributed by atoms with Crippen LogP contribution in [0.1, 0.15) is 25.4 Å². The van der Waals surface area contributed by atoms with E-state index < -0.39 is 36.7 Å². The summed E-state index contributed by atoms with van der Waals surface area (Å²) >= 11 is 0. The van der Waals surface area contributed by atoms with E-state index in [9.17, 15) is 20.1 Å². The van der Waals surface area contributed by atoms with Gasteiger partial charge in [0.05, 0.1) is 12.4 Å². The molecule has 0 saturated carbocycles. The van der Waals surface area contributed by atoms with Crippen LogP contribution in [0, 0.1) is 0 Å². The first-order chi connectivity index (χ1) is 9.97. The first-order valence-corrected chi connectivity index (χ1v) is 6.59. The number of hydrogen-bond acceptors (Lipinski definition) is 7. The Morgan fingerprint density at radius 2 is 2.19 bits per heavy atom. The van der Waals surface area contributed by atoms with Crippen molar-refractivity contribution in [1.29, 1.82) is 0 Å². The van der Waals surface area contributed by atoms with Crippen molar-refractivity contribution in [2.75, 3.05) is 6.61 Å². The molecule has 1 fully saturated rings. The van der Waals surface area contributed by atoms with Crippen molar-refractivity contribution >= 4 is 6.08 Å². The Morgan fingerprint density at radius 1 is 1.48 bits per heavy atom. The number of aromatic nitrogens is 2. The van der Waals surface area contributed by atoms with Crippen molar-refractivity contribution in [3.63, 3.8) is 0 Å². The average Bonchev–Trinajstić information content (AvgIpc) is 2.75. The molecule has 0 aromatic carbocycles. The fourth-order valence-corrected chi connectivity index (χ4v) is 2.11. The number of ether oxygens (including phenoxy) is 1. The van der Waals surface area contributed by atoms with Gasteiger partial charge in [0.25, 0.3) is 5.56 Å². The highest BCUT2D eigenvalue weighted by molar-refractivity contribution is 5.42. The van der Waals surface area contributed by atoms with Gasteiger partial charge in [-0.2, -0.15) is 4.98 Å². The van der Waals surface area contributed by atoms with Crippen LogP contribution in [0.15, 0.2) is 22.8 Å². The monoisotopic (exact) mass is 298 g/mol. The maximum Gasteiger partial charge on any atom is 0.273 e. The van der Waals surface area contributed by atoms with Crippen LogP contribution in [-0.2, 0) is 4.74 Å². The third-order valence-corrected chi connectivity index (χ3v) is 3.32. The van der Waals surface area contributed by atoms with Gasteiger partial charge >= 0.3 is 0 Å². The summed E-state index contributed by atoms with van der Waals surface area (Å²) in [6.07, 6.45) is -1.50. The lowest BCUT2D eigenvalue weighted by molar-refractivity contribution is -0.0537. The predicted octanol–water partition coefficient (Wildman–Crippen LogP) is -0.836. The molecule has 0 radical (unpaired) electrons. The van der Waals surface area contributed by atoms with E-state index in [2.05, 4.69) is 4.98 Å². The van der Waals surface area contributed by atoms with E-state index in [0.29, 0.717) is 6.42 Å². The lowest BCUT2D eigenvalue weighted by Crippen LogP contribution is -2.33. The van der Waals surface area contributed by atoms with E-state index in [1.165, 1.54) is 22.9 Å². The van der Waals surface area contributed by atoms with Crippen molar-refractivity contribution in [3.8, 4) is 0 Å². The largest absolute Gasteiger partial charge is 0.512 e. The van der Waals surface area contributed by atoms with Crippen LogP contribution in [0.25, 0.3) is 6.08 Å². The van der Waals surface area contributed by atoms with Crippen LogP contribution in [-0.4, -0.2) is 54.9 Å². The van der Waals surface area contributed by atoms with Crippen molar-refractivity contribution in [1.82, 2.24) is 9.55 Å². The molecule has 1 saturated heterocycles. The van der Waals surface area contributed by atoms with Crippen molar-refractivity contribution in [2.45, 2.75) is 37.9 Å². The number of nitrogens with zero attached hydrogens (tertiary/aromatic N) is 2. The second-order valence-electron chi connectivity index (χ2n) is 4.75. The molecule has 1 aromatic heterocycles.